The van der Waals surface area contributed by atoms with Gasteiger partial charge < -0.3 is 10.7 Å². The summed E-state index contributed by atoms with van der Waals surface area (Å²) in [5, 5.41) is 10.7. The number of pyridine rings is 1. The Hall–Kier alpha value is -2.62. The molecule has 1 heterocycles. The molecule has 0 saturated carbocycles. The Morgan fingerprint density at radius 3 is 2.52 bits per heavy atom. The van der Waals surface area contributed by atoms with Crippen LogP contribution in [0.25, 0.3) is 11.3 Å². The van der Waals surface area contributed by atoms with Crippen LogP contribution < -0.4 is 10.9 Å². The van der Waals surface area contributed by atoms with Crippen molar-refractivity contribution in [3.63, 3.8) is 0 Å². The summed E-state index contributed by atoms with van der Waals surface area (Å²) >= 11 is 0. The van der Waals surface area contributed by atoms with E-state index in [0.29, 0.717) is 6.04 Å². The van der Waals surface area contributed by atoms with Gasteiger partial charge in [-0.2, -0.15) is 0 Å². The Kier molecular flexibility index (Phi) is 4.72. The SMILES string of the molecule is CC(C)N/C=C(\C=N)c1ccc(=O)n(-c2ccccc2)c1. The van der Waals surface area contributed by atoms with E-state index in [9.17, 15) is 4.79 Å². The van der Waals surface area contributed by atoms with E-state index < -0.39 is 0 Å². The van der Waals surface area contributed by atoms with Gasteiger partial charge in [-0.05, 0) is 32.0 Å². The highest BCUT2D eigenvalue weighted by molar-refractivity contribution is 6.08. The molecule has 0 amide bonds. The third kappa shape index (κ3) is 3.69. The number of nitrogens with one attached hydrogen (secondary N) is 2. The van der Waals surface area contributed by atoms with Gasteiger partial charge in [0.1, 0.15) is 0 Å². The van der Waals surface area contributed by atoms with Gasteiger partial charge in [-0.25, -0.2) is 0 Å². The minimum absolute atomic E-state index is 0.0916. The predicted molar refractivity (Wildman–Crippen MR) is 87.1 cm³/mol. The highest BCUT2D eigenvalue weighted by Gasteiger charge is 2.04. The average Bonchev–Trinajstić information content (AvgIpc) is 2.50. The maximum Gasteiger partial charge on any atom is 0.255 e. The zero-order valence-corrected chi connectivity index (χ0v) is 12.2. The highest BCUT2D eigenvalue weighted by Crippen LogP contribution is 2.12. The molecule has 0 radical (unpaired) electrons. The first-order valence-electron chi connectivity index (χ1n) is 6.87. The molecule has 21 heavy (non-hydrogen) atoms. The number of rotatable bonds is 5. The maximum absolute atomic E-state index is 12.0. The monoisotopic (exact) mass is 281 g/mol. The molecule has 0 aliphatic carbocycles. The third-order valence-electron chi connectivity index (χ3n) is 3.01. The van der Waals surface area contributed by atoms with Crippen molar-refractivity contribution in [2.45, 2.75) is 19.9 Å². The number of para-hydroxylation sites is 1. The van der Waals surface area contributed by atoms with Crippen LogP contribution in [0.3, 0.4) is 0 Å². The number of hydrogen-bond donors (Lipinski definition) is 2. The van der Waals surface area contributed by atoms with Crippen LogP contribution in [0.5, 0.6) is 0 Å². The summed E-state index contributed by atoms with van der Waals surface area (Å²) < 4.78 is 1.59. The molecule has 1 aromatic carbocycles. The van der Waals surface area contributed by atoms with E-state index in [4.69, 9.17) is 5.41 Å². The van der Waals surface area contributed by atoms with E-state index in [1.54, 1.807) is 23.0 Å². The lowest BCUT2D eigenvalue weighted by Gasteiger charge is -2.10. The molecule has 0 bridgehead atoms. The second-order valence-electron chi connectivity index (χ2n) is 5.03. The van der Waals surface area contributed by atoms with E-state index in [0.717, 1.165) is 16.8 Å². The molecule has 0 saturated heterocycles. The van der Waals surface area contributed by atoms with Gasteiger partial charge in [-0.3, -0.25) is 9.36 Å². The van der Waals surface area contributed by atoms with Gasteiger partial charge in [0.15, 0.2) is 0 Å². The minimum Gasteiger partial charge on any atom is -0.388 e. The van der Waals surface area contributed by atoms with Crippen LogP contribution in [0.15, 0.2) is 59.7 Å². The van der Waals surface area contributed by atoms with Crippen molar-refractivity contribution >= 4 is 11.8 Å². The van der Waals surface area contributed by atoms with Crippen LogP contribution in [0.2, 0.25) is 0 Å². The molecule has 4 heteroatoms. The number of hydrogen-bond acceptors (Lipinski definition) is 3. The molecule has 2 N–H and O–H groups in total. The molecule has 0 aliphatic rings. The zero-order chi connectivity index (χ0) is 15.2. The number of allylic oxidation sites excluding steroid dienone is 1. The largest absolute Gasteiger partial charge is 0.388 e. The van der Waals surface area contributed by atoms with E-state index in [2.05, 4.69) is 5.32 Å². The Morgan fingerprint density at radius 2 is 1.90 bits per heavy atom. The lowest BCUT2D eigenvalue weighted by molar-refractivity contribution is 0.704. The van der Waals surface area contributed by atoms with Crippen LogP contribution in [-0.4, -0.2) is 16.8 Å². The molecule has 0 aliphatic heterocycles. The molecule has 0 fully saturated rings. The molecular weight excluding hydrogens is 262 g/mol. The molecule has 2 aromatic rings. The first-order chi connectivity index (χ1) is 10.1. The van der Waals surface area contributed by atoms with Crippen molar-refractivity contribution in [3.05, 3.63) is 70.8 Å². The van der Waals surface area contributed by atoms with E-state index in [1.807, 2.05) is 44.2 Å². The second-order valence-corrected chi connectivity index (χ2v) is 5.03. The average molecular weight is 281 g/mol. The van der Waals surface area contributed by atoms with Crippen molar-refractivity contribution in [2.75, 3.05) is 0 Å². The van der Waals surface area contributed by atoms with Gasteiger partial charge in [-0.15, -0.1) is 0 Å². The number of benzene rings is 1. The fourth-order valence-electron chi connectivity index (χ4n) is 1.91. The summed E-state index contributed by atoms with van der Waals surface area (Å²) in [6.07, 6.45) is 4.84. The maximum atomic E-state index is 12.0. The van der Waals surface area contributed by atoms with Crippen molar-refractivity contribution in [1.29, 1.82) is 5.41 Å². The van der Waals surface area contributed by atoms with Gasteiger partial charge in [0.05, 0.1) is 0 Å². The Balaban J connectivity index is 2.45. The highest BCUT2D eigenvalue weighted by atomic mass is 16.1. The molecular formula is C17H19N3O. The number of nitrogens with zero attached hydrogens (tertiary/aromatic N) is 1. The molecule has 0 unspecified atom stereocenters. The molecule has 0 atom stereocenters. The summed E-state index contributed by atoms with van der Waals surface area (Å²) in [5.41, 5.74) is 2.27. The van der Waals surface area contributed by atoms with Crippen LogP contribution in [0.1, 0.15) is 19.4 Å². The first-order valence-corrected chi connectivity index (χ1v) is 6.87. The van der Waals surface area contributed by atoms with Crippen LogP contribution in [0.4, 0.5) is 0 Å². The summed E-state index contributed by atoms with van der Waals surface area (Å²) in [5.74, 6) is 0. The topological polar surface area (TPSA) is 57.9 Å². The summed E-state index contributed by atoms with van der Waals surface area (Å²) in [6.45, 7) is 4.06. The predicted octanol–water partition coefficient (Wildman–Crippen LogP) is 2.83. The number of aromatic nitrogens is 1. The van der Waals surface area contributed by atoms with E-state index >= 15 is 0 Å². The lowest BCUT2D eigenvalue weighted by atomic mass is 10.1. The molecule has 0 spiro atoms. The van der Waals surface area contributed by atoms with Crippen LogP contribution in [0, 0.1) is 5.41 Å². The van der Waals surface area contributed by atoms with Gasteiger partial charge in [0.2, 0.25) is 0 Å². The smallest absolute Gasteiger partial charge is 0.255 e. The van der Waals surface area contributed by atoms with Crippen LogP contribution >= 0.6 is 0 Å². The van der Waals surface area contributed by atoms with Crippen LogP contribution in [-0.2, 0) is 0 Å². The Morgan fingerprint density at radius 1 is 1.19 bits per heavy atom. The minimum atomic E-state index is -0.0916. The lowest BCUT2D eigenvalue weighted by Crippen LogP contribution is -2.18. The van der Waals surface area contributed by atoms with Crippen molar-refractivity contribution in [3.8, 4) is 5.69 Å². The fraction of sp³-hybridized carbons (Fsp3) is 0.176. The van der Waals surface area contributed by atoms with Gasteiger partial charge in [-0.1, -0.05) is 18.2 Å². The standard InChI is InChI=1S/C17H19N3O/c1-13(2)19-11-15(10-18)14-8-9-17(21)20(12-14)16-6-4-3-5-7-16/h3-13,18-19H,1-2H3/b15-11+,18-10?. The van der Waals surface area contributed by atoms with Gasteiger partial charge in [0.25, 0.3) is 5.56 Å². The molecule has 4 nitrogen and oxygen atoms in total. The quantitative estimate of drug-likeness (QED) is 0.828. The van der Waals surface area contributed by atoms with Gasteiger partial charge in [0, 0.05) is 47.5 Å². The molecule has 108 valence electrons. The third-order valence-corrected chi connectivity index (χ3v) is 3.01. The van der Waals surface area contributed by atoms with E-state index in [-0.39, 0.29) is 5.56 Å². The van der Waals surface area contributed by atoms with Crippen molar-refractivity contribution in [2.24, 2.45) is 0 Å². The first kappa shape index (κ1) is 14.8. The van der Waals surface area contributed by atoms with E-state index in [1.165, 1.54) is 12.3 Å². The van der Waals surface area contributed by atoms with Crippen molar-refractivity contribution in [1.82, 2.24) is 9.88 Å². The van der Waals surface area contributed by atoms with Gasteiger partial charge >= 0.3 is 0 Å². The zero-order valence-electron chi connectivity index (χ0n) is 12.2. The molecule has 1 aromatic heterocycles. The summed E-state index contributed by atoms with van der Waals surface area (Å²) in [6, 6.07) is 13.0. The molecule has 2 rings (SSSR count). The summed E-state index contributed by atoms with van der Waals surface area (Å²) in [7, 11) is 0. The summed E-state index contributed by atoms with van der Waals surface area (Å²) in [4.78, 5) is 12.0. The van der Waals surface area contributed by atoms with Crippen molar-refractivity contribution < 1.29 is 0 Å². The normalized spacial score (nSPS) is 11.5. The Labute approximate surface area is 124 Å². The fourth-order valence-corrected chi connectivity index (χ4v) is 1.91. The Bertz CT molecular complexity index is 699. The second kappa shape index (κ2) is 6.70.